The number of nitrogens with one attached hydrogen (secondary N) is 1. The van der Waals surface area contributed by atoms with E-state index >= 15 is 0 Å². The lowest BCUT2D eigenvalue weighted by Gasteiger charge is -2.44. The average molecular weight is 512 g/mol. The maximum absolute atomic E-state index is 12.9. The van der Waals surface area contributed by atoms with Crippen LogP contribution in [-0.4, -0.2) is 29.9 Å². The van der Waals surface area contributed by atoms with Gasteiger partial charge >= 0.3 is 0 Å². The summed E-state index contributed by atoms with van der Waals surface area (Å²) >= 11 is 0. The fourth-order valence-corrected chi connectivity index (χ4v) is 6.02. The normalized spacial score (nSPS) is 18.0. The van der Waals surface area contributed by atoms with Crippen LogP contribution in [0.25, 0.3) is 11.1 Å². The summed E-state index contributed by atoms with van der Waals surface area (Å²) in [6, 6.07) is 19.6. The highest BCUT2D eigenvalue weighted by Gasteiger charge is 2.38. The number of allylic oxidation sites excluding steroid dienone is 3. The smallest absolute Gasteiger partial charge is 0.224 e. The van der Waals surface area contributed by atoms with Gasteiger partial charge in [-0.1, -0.05) is 75.2 Å². The number of piperidine rings is 1. The molecule has 1 aliphatic carbocycles. The molecule has 0 radical (unpaired) electrons. The maximum atomic E-state index is 12.9. The van der Waals surface area contributed by atoms with Gasteiger partial charge in [-0.2, -0.15) is 5.26 Å². The van der Waals surface area contributed by atoms with Crippen LogP contribution in [0.1, 0.15) is 90.2 Å². The molecule has 1 amide bonds. The van der Waals surface area contributed by atoms with Gasteiger partial charge in [-0.3, -0.25) is 4.79 Å². The first-order valence-electron chi connectivity index (χ1n) is 14.5. The van der Waals surface area contributed by atoms with E-state index in [1.807, 2.05) is 64.1 Å². The van der Waals surface area contributed by atoms with Crippen molar-refractivity contribution < 1.29 is 4.79 Å². The van der Waals surface area contributed by atoms with Gasteiger partial charge in [0, 0.05) is 18.2 Å². The third-order valence-corrected chi connectivity index (χ3v) is 8.19. The number of amides is 1. The minimum Gasteiger partial charge on any atom is -0.326 e. The standard InChI is InChI=1S/C32H39N3O.C2H6/c1-3-8-29(4-2)34-31(36)17-18-32(19-21-35(22-20-32)30-11-5-6-12-30)28-15-13-26(14-16-28)27-10-7-9-25(23-27)24-33;1-2/h3-4,7-10,13-16,23,30H,5-6,11-12,17-22H2,1-2H3,(H,34,36);1-2H3/b8-3-,29-4+;. The van der Waals surface area contributed by atoms with Crippen molar-refractivity contribution in [2.45, 2.75) is 90.5 Å². The van der Waals surface area contributed by atoms with Crippen molar-refractivity contribution in [3.05, 3.63) is 83.6 Å². The molecule has 1 aliphatic heterocycles. The van der Waals surface area contributed by atoms with Crippen molar-refractivity contribution in [3.8, 4) is 17.2 Å². The molecule has 4 heteroatoms. The number of nitriles is 1. The number of likely N-dealkylation sites (tertiary alicyclic amines) is 1. The molecule has 1 saturated carbocycles. The second-order valence-electron chi connectivity index (χ2n) is 10.3. The molecule has 0 spiro atoms. The first-order valence-corrected chi connectivity index (χ1v) is 14.5. The average Bonchev–Trinajstić information content (AvgIpc) is 3.52. The van der Waals surface area contributed by atoms with E-state index < -0.39 is 0 Å². The van der Waals surface area contributed by atoms with Crippen molar-refractivity contribution in [1.82, 2.24) is 10.2 Å². The predicted molar refractivity (Wildman–Crippen MR) is 159 cm³/mol. The highest BCUT2D eigenvalue weighted by molar-refractivity contribution is 5.78. The summed E-state index contributed by atoms with van der Waals surface area (Å²) in [4.78, 5) is 15.6. The summed E-state index contributed by atoms with van der Waals surface area (Å²) in [5.41, 5.74) is 5.06. The van der Waals surface area contributed by atoms with Crippen LogP contribution < -0.4 is 5.32 Å². The van der Waals surface area contributed by atoms with E-state index in [1.165, 1.54) is 31.2 Å². The molecule has 0 unspecified atom stereocenters. The Bertz CT molecular complexity index is 1130. The summed E-state index contributed by atoms with van der Waals surface area (Å²) in [7, 11) is 0. The molecule has 0 bridgehead atoms. The third kappa shape index (κ3) is 7.45. The SMILES string of the molecule is C/C=C\C(=C/C)NC(=O)CCC1(c2ccc(-c3cccc(C#N)c3)cc2)CCN(C2CCCC2)CC1.CC. The number of hydrogen-bond acceptors (Lipinski definition) is 3. The van der Waals surface area contributed by atoms with E-state index in [0.29, 0.717) is 12.0 Å². The minimum absolute atomic E-state index is 0.0101. The lowest BCUT2D eigenvalue weighted by molar-refractivity contribution is -0.120. The zero-order valence-corrected chi connectivity index (χ0v) is 23.8. The zero-order valence-electron chi connectivity index (χ0n) is 23.8. The van der Waals surface area contributed by atoms with Gasteiger partial charge in [0.15, 0.2) is 0 Å². The van der Waals surface area contributed by atoms with Crippen molar-refractivity contribution in [2.75, 3.05) is 13.1 Å². The second-order valence-corrected chi connectivity index (χ2v) is 10.3. The van der Waals surface area contributed by atoms with E-state index in [2.05, 4.69) is 46.6 Å². The Kier molecular flexibility index (Phi) is 11.4. The summed E-state index contributed by atoms with van der Waals surface area (Å²) in [6.45, 7) is 10.1. The molecular weight excluding hydrogens is 466 g/mol. The number of benzene rings is 2. The Balaban J connectivity index is 0.00000195. The molecule has 2 aromatic rings. The van der Waals surface area contributed by atoms with Crippen LogP contribution in [0.3, 0.4) is 0 Å². The van der Waals surface area contributed by atoms with Crippen LogP contribution in [0.5, 0.6) is 0 Å². The lowest BCUT2D eigenvalue weighted by Crippen LogP contribution is -2.46. The van der Waals surface area contributed by atoms with E-state index in [-0.39, 0.29) is 11.3 Å². The van der Waals surface area contributed by atoms with Crippen LogP contribution in [0.4, 0.5) is 0 Å². The fraction of sp³-hybridized carbons (Fsp3) is 0.471. The topological polar surface area (TPSA) is 56.1 Å². The zero-order chi connectivity index (χ0) is 27.4. The van der Waals surface area contributed by atoms with E-state index in [9.17, 15) is 10.1 Å². The van der Waals surface area contributed by atoms with Crippen molar-refractivity contribution in [1.29, 1.82) is 5.26 Å². The van der Waals surface area contributed by atoms with Gasteiger partial charge in [0.1, 0.15) is 0 Å². The highest BCUT2D eigenvalue weighted by atomic mass is 16.1. The van der Waals surface area contributed by atoms with Gasteiger partial charge < -0.3 is 10.2 Å². The van der Waals surface area contributed by atoms with Gasteiger partial charge in [-0.15, -0.1) is 0 Å². The second kappa shape index (κ2) is 14.7. The molecule has 1 N–H and O–H groups in total. The highest BCUT2D eigenvalue weighted by Crippen LogP contribution is 2.42. The van der Waals surface area contributed by atoms with Gasteiger partial charge in [0.05, 0.1) is 11.6 Å². The number of carbonyl (C=O) groups is 1. The largest absolute Gasteiger partial charge is 0.326 e. The number of carbonyl (C=O) groups excluding carboxylic acids is 1. The monoisotopic (exact) mass is 511 g/mol. The van der Waals surface area contributed by atoms with Crippen molar-refractivity contribution in [2.24, 2.45) is 0 Å². The Labute approximate surface area is 230 Å². The fourth-order valence-electron chi connectivity index (χ4n) is 6.02. The number of nitrogens with zero attached hydrogens (tertiary/aromatic N) is 2. The summed E-state index contributed by atoms with van der Waals surface area (Å²) in [5, 5.41) is 12.3. The Morgan fingerprint density at radius 3 is 2.34 bits per heavy atom. The molecule has 4 nitrogen and oxygen atoms in total. The number of rotatable bonds is 8. The molecule has 1 heterocycles. The van der Waals surface area contributed by atoms with E-state index in [0.717, 1.165) is 55.2 Å². The van der Waals surface area contributed by atoms with Gasteiger partial charge in [-0.25, -0.2) is 0 Å². The minimum atomic E-state index is 0.0101. The molecule has 0 atom stereocenters. The first-order chi connectivity index (χ1) is 18.6. The van der Waals surface area contributed by atoms with Crippen LogP contribution >= 0.6 is 0 Å². The molecular formula is C34H45N3O. The van der Waals surface area contributed by atoms with Gasteiger partial charge in [0.25, 0.3) is 0 Å². The van der Waals surface area contributed by atoms with E-state index in [4.69, 9.17) is 0 Å². The molecule has 202 valence electrons. The molecule has 2 aromatic carbocycles. The summed E-state index contributed by atoms with van der Waals surface area (Å²) in [6.07, 6.45) is 14.8. The Morgan fingerprint density at radius 1 is 1.05 bits per heavy atom. The molecule has 38 heavy (non-hydrogen) atoms. The van der Waals surface area contributed by atoms with Crippen LogP contribution in [0.15, 0.2) is 72.5 Å². The number of hydrogen-bond donors (Lipinski definition) is 1. The van der Waals surface area contributed by atoms with Gasteiger partial charge in [0.2, 0.25) is 5.91 Å². The third-order valence-electron chi connectivity index (χ3n) is 8.19. The molecule has 4 rings (SSSR count). The lowest BCUT2D eigenvalue weighted by atomic mass is 9.69. The van der Waals surface area contributed by atoms with Gasteiger partial charge in [-0.05, 0) is 99.4 Å². The molecule has 0 aromatic heterocycles. The van der Waals surface area contributed by atoms with Crippen LogP contribution in [-0.2, 0) is 10.2 Å². The van der Waals surface area contributed by atoms with E-state index in [1.54, 1.807) is 0 Å². The van der Waals surface area contributed by atoms with Crippen LogP contribution in [0.2, 0.25) is 0 Å². The maximum Gasteiger partial charge on any atom is 0.224 e. The van der Waals surface area contributed by atoms with Crippen molar-refractivity contribution >= 4 is 5.91 Å². The molecule has 2 fully saturated rings. The molecule has 2 aliphatic rings. The Morgan fingerprint density at radius 2 is 1.74 bits per heavy atom. The summed E-state index contributed by atoms with van der Waals surface area (Å²) < 4.78 is 0. The van der Waals surface area contributed by atoms with Crippen molar-refractivity contribution in [3.63, 3.8) is 0 Å². The van der Waals surface area contributed by atoms with Crippen LogP contribution in [0, 0.1) is 11.3 Å². The first kappa shape index (κ1) is 29.4. The Hall–Kier alpha value is -3.16. The predicted octanol–water partition coefficient (Wildman–Crippen LogP) is 7.90. The summed E-state index contributed by atoms with van der Waals surface area (Å²) in [5.74, 6) is 0.0868. The quantitative estimate of drug-likeness (QED) is 0.366. The molecule has 1 saturated heterocycles.